The molecule has 0 unspecified atom stereocenters. The number of anilines is 1. The molecule has 5 nitrogen and oxygen atoms in total. The van der Waals surface area contributed by atoms with E-state index in [1.165, 1.54) is 6.26 Å². The van der Waals surface area contributed by atoms with Crippen LogP contribution in [0.4, 0.5) is 5.69 Å². The summed E-state index contributed by atoms with van der Waals surface area (Å²) < 4.78 is 5.21. The first kappa shape index (κ1) is 18.4. The maximum Gasteiger partial charge on any atom is 0.311 e. The Hall–Kier alpha value is -1.92. The molecule has 0 saturated heterocycles. The van der Waals surface area contributed by atoms with E-state index in [1.54, 1.807) is 36.9 Å². The molecule has 2 rings (SSSR count). The zero-order chi connectivity index (χ0) is 17.9. The van der Waals surface area contributed by atoms with Crippen molar-refractivity contribution in [2.45, 2.75) is 37.3 Å². The summed E-state index contributed by atoms with van der Waals surface area (Å²) in [7, 11) is 0. The molecule has 2 N–H and O–H groups in total. The van der Waals surface area contributed by atoms with E-state index in [9.17, 15) is 9.59 Å². The zero-order valence-electron chi connectivity index (χ0n) is 13.6. The number of aliphatic carboxylic acids is 1. The number of carbonyl (C=O) groups excluding carboxylic acids is 1. The van der Waals surface area contributed by atoms with Crippen molar-refractivity contribution in [3.8, 4) is 0 Å². The summed E-state index contributed by atoms with van der Waals surface area (Å²) in [5.74, 6) is -1.33. The topological polar surface area (TPSA) is 79.5 Å². The van der Waals surface area contributed by atoms with Gasteiger partial charge in [-0.1, -0.05) is 31.5 Å². The zero-order valence-corrected chi connectivity index (χ0v) is 15.1. The van der Waals surface area contributed by atoms with E-state index >= 15 is 0 Å². The normalized spacial score (nSPS) is 10.9. The van der Waals surface area contributed by atoms with Crippen LogP contribution in [-0.4, -0.2) is 22.2 Å². The highest BCUT2D eigenvalue weighted by Crippen LogP contribution is 2.37. The number of carbonyl (C=O) groups is 2. The molecule has 0 fully saturated rings. The van der Waals surface area contributed by atoms with Crippen molar-refractivity contribution in [2.24, 2.45) is 0 Å². The molecule has 1 aromatic carbocycles. The molecule has 0 aliphatic carbocycles. The number of aryl methyl sites for hydroxylation is 1. The molecule has 0 radical (unpaired) electrons. The van der Waals surface area contributed by atoms with Gasteiger partial charge in [0.1, 0.15) is 12.2 Å². The Morgan fingerprint density at radius 3 is 2.71 bits per heavy atom. The van der Waals surface area contributed by atoms with Crippen LogP contribution in [0.5, 0.6) is 0 Å². The van der Waals surface area contributed by atoms with E-state index in [1.807, 2.05) is 13.8 Å². The van der Waals surface area contributed by atoms with Crippen molar-refractivity contribution in [1.29, 1.82) is 0 Å². The Bertz CT molecular complexity index is 770. The summed E-state index contributed by atoms with van der Waals surface area (Å²) in [5, 5.41) is 12.6. The van der Waals surface area contributed by atoms with Crippen molar-refractivity contribution < 1.29 is 19.1 Å². The smallest absolute Gasteiger partial charge is 0.311 e. The molecular formula is C17H18ClNO4S. The third kappa shape index (κ3) is 4.33. The van der Waals surface area contributed by atoms with Gasteiger partial charge in [-0.3, -0.25) is 9.59 Å². The van der Waals surface area contributed by atoms with Gasteiger partial charge in [-0.25, -0.2) is 0 Å². The second-order valence-corrected chi connectivity index (χ2v) is 7.52. The number of benzene rings is 1. The minimum atomic E-state index is -1.06. The van der Waals surface area contributed by atoms with Crippen LogP contribution >= 0.6 is 23.4 Å². The van der Waals surface area contributed by atoms with Crippen LogP contribution in [0, 0.1) is 6.92 Å². The van der Waals surface area contributed by atoms with Gasteiger partial charge in [0.05, 0.1) is 22.5 Å². The molecule has 0 bridgehead atoms. The van der Waals surface area contributed by atoms with E-state index in [-0.39, 0.29) is 17.7 Å². The third-order valence-corrected chi connectivity index (χ3v) is 4.73. The van der Waals surface area contributed by atoms with Crippen molar-refractivity contribution in [2.75, 3.05) is 5.32 Å². The van der Waals surface area contributed by atoms with Crippen molar-refractivity contribution in [3.63, 3.8) is 0 Å². The minimum absolute atomic E-state index is 0.137. The van der Waals surface area contributed by atoms with Crippen LogP contribution in [0.3, 0.4) is 0 Å². The van der Waals surface area contributed by atoms with Gasteiger partial charge in [0, 0.05) is 15.7 Å². The maximum atomic E-state index is 12.6. The fourth-order valence-electron chi connectivity index (χ4n) is 2.22. The number of hydrogen-bond donors (Lipinski definition) is 2. The van der Waals surface area contributed by atoms with Crippen molar-refractivity contribution in [1.82, 2.24) is 0 Å². The first-order valence-corrected chi connectivity index (χ1v) is 8.60. The summed E-state index contributed by atoms with van der Waals surface area (Å²) in [4.78, 5) is 24.3. The van der Waals surface area contributed by atoms with E-state index in [0.29, 0.717) is 21.5 Å². The van der Waals surface area contributed by atoms with Gasteiger partial charge in [-0.05, 0) is 19.1 Å². The minimum Gasteiger partial charge on any atom is -0.481 e. The average molecular weight is 368 g/mol. The van der Waals surface area contributed by atoms with E-state index in [0.717, 1.165) is 4.90 Å². The van der Waals surface area contributed by atoms with Gasteiger partial charge < -0.3 is 14.8 Å². The lowest BCUT2D eigenvalue weighted by Gasteiger charge is -2.14. The van der Waals surface area contributed by atoms with Crippen LogP contribution in [0.25, 0.3) is 0 Å². The first-order chi connectivity index (χ1) is 11.3. The highest BCUT2D eigenvalue weighted by atomic mass is 35.5. The summed E-state index contributed by atoms with van der Waals surface area (Å²) in [6.07, 6.45) is 1.04. The van der Waals surface area contributed by atoms with E-state index in [4.69, 9.17) is 21.1 Å². The lowest BCUT2D eigenvalue weighted by molar-refractivity contribution is -0.136. The highest BCUT2D eigenvalue weighted by molar-refractivity contribution is 8.00. The fraction of sp³-hybridized carbons (Fsp3) is 0.294. The molecule has 0 aliphatic rings. The molecular weight excluding hydrogens is 350 g/mol. The van der Waals surface area contributed by atoms with Crippen LogP contribution < -0.4 is 5.32 Å². The number of amides is 1. The Morgan fingerprint density at radius 1 is 1.38 bits per heavy atom. The number of furan rings is 1. The van der Waals surface area contributed by atoms with Gasteiger partial charge in [0.15, 0.2) is 0 Å². The summed E-state index contributed by atoms with van der Waals surface area (Å²) in [5.41, 5.74) is 1.43. The summed E-state index contributed by atoms with van der Waals surface area (Å²) in [6, 6.07) is 5.28. The van der Waals surface area contributed by atoms with Crippen LogP contribution in [0.2, 0.25) is 5.02 Å². The van der Waals surface area contributed by atoms with Crippen molar-refractivity contribution in [3.05, 3.63) is 46.4 Å². The predicted octanol–water partition coefficient (Wildman–Crippen LogP) is 4.62. The Morgan fingerprint density at radius 2 is 2.08 bits per heavy atom. The predicted molar refractivity (Wildman–Crippen MR) is 95.2 cm³/mol. The first-order valence-electron chi connectivity index (χ1n) is 7.34. The van der Waals surface area contributed by atoms with Crippen LogP contribution in [0.15, 0.2) is 33.8 Å². The molecule has 1 heterocycles. The van der Waals surface area contributed by atoms with Crippen LogP contribution in [0.1, 0.15) is 35.5 Å². The number of nitrogens with one attached hydrogen (secondary N) is 1. The number of hydrogen-bond acceptors (Lipinski definition) is 4. The van der Waals surface area contributed by atoms with Gasteiger partial charge >= 0.3 is 5.97 Å². The second kappa shape index (κ2) is 7.77. The van der Waals surface area contributed by atoms with Crippen molar-refractivity contribution >= 4 is 40.9 Å². The average Bonchev–Trinajstić information content (AvgIpc) is 2.82. The van der Waals surface area contributed by atoms with Gasteiger partial charge in [0.25, 0.3) is 5.91 Å². The standard InChI is InChI=1S/C17H18ClNO4S/c1-9(2)24-16-11(18)5-4-6-12(16)19-17(22)15-10(3)8-23-13(15)7-14(20)21/h4-6,8-9H,7H2,1-3H3,(H,19,22)(H,20,21). The number of carboxylic acids is 1. The third-order valence-electron chi connectivity index (χ3n) is 3.16. The monoisotopic (exact) mass is 367 g/mol. The quantitative estimate of drug-likeness (QED) is 0.728. The van der Waals surface area contributed by atoms with E-state index in [2.05, 4.69) is 5.32 Å². The lowest BCUT2D eigenvalue weighted by atomic mass is 10.1. The highest BCUT2D eigenvalue weighted by Gasteiger charge is 2.22. The molecule has 2 aromatic rings. The van der Waals surface area contributed by atoms with E-state index < -0.39 is 11.9 Å². The fourth-order valence-corrected chi connectivity index (χ4v) is 3.42. The van der Waals surface area contributed by atoms with Gasteiger partial charge in [-0.15, -0.1) is 11.8 Å². The molecule has 0 atom stereocenters. The molecule has 24 heavy (non-hydrogen) atoms. The molecule has 0 aliphatic heterocycles. The molecule has 0 saturated carbocycles. The molecule has 7 heteroatoms. The SMILES string of the molecule is Cc1coc(CC(=O)O)c1C(=O)Nc1cccc(Cl)c1SC(C)C. The second-order valence-electron chi connectivity index (χ2n) is 5.52. The van der Waals surface area contributed by atoms with Crippen LogP contribution in [-0.2, 0) is 11.2 Å². The largest absolute Gasteiger partial charge is 0.481 e. The Balaban J connectivity index is 2.33. The molecule has 1 aromatic heterocycles. The molecule has 0 spiro atoms. The maximum absolute atomic E-state index is 12.6. The summed E-state index contributed by atoms with van der Waals surface area (Å²) in [6.45, 7) is 5.76. The summed E-state index contributed by atoms with van der Waals surface area (Å²) >= 11 is 7.79. The van der Waals surface area contributed by atoms with Gasteiger partial charge in [0.2, 0.25) is 0 Å². The number of carboxylic acid groups (broad SMARTS) is 1. The Kier molecular flexibility index (Phi) is 5.96. The van der Waals surface area contributed by atoms with Gasteiger partial charge in [-0.2, -0.15) is 0 Å². The number of halogens is 1. The number of rotatable bonds is 6. The Labute approximate surface area is 149 Å². The molecule has 1 amide bonds. The molecule has 128 valence electrons. The number of thioether (sulfide) groups is 1. The lowest BCUT2D eigenvalue weighted by Crippen LogP contribution is -2.16.